The fourth-order valence-electron chi connectivity index (χ4n) is 4.12. The van der Waals surface area contributed by atoms with Crippen molar-refractivity contribution in [1.82, 2.24) is 15.1 Å². The summed E-state index contributed by atoms with van der Waals surface area (Å²) in [5, 5.41) is 6.30. The fraction of sp³-hybridized carbons (Fsp3) is 0.423. The van der Waals surface area contributed by atoms with Gasteiger partial charge in [0.05, 0.1) is 17.5 Å². The number of piperidine rings is 1. The minimum absolute atomic E-state index is 0.0452. The molecule has 2 heterocycles. The number of amides is 1. The molecule has 0 spiro atoms. The van der Waals surface area contributed by atoms with E-state index < -0.39 is 39.3 Å². The molecule has 0 radical (unpaired) electrons. The smallest absolute Gasteiger partial charge is 0.410 e. The summed E-state index contributed by atoms with van der Waals surface area (Å²) in [5.41, 5.74) is 1.01. The van der Waals surface area contributed by atoms with Crippen molar-refractivity contribution in [2.75, 3.05) is 17.4 Å². The van der Waals surface area contributed by atoms with E-state index in [1.165, 1.54) is 4.31 Å². The minimum Gasteiger partial charge on any atom is -0.444 e. The third-order valence-electron chi connectivity index (χ3n) is 6.02. The van der Waals surface area contributed by atoms with Crippen LogP contribution < -0.4 is 4.31 Å². The maximum absolute atomic E-state index is 13.8. The van der Waals surface area contributed by atoms with Gasteiger partial charge in [-0.3, -0.25) is 4.31 Å². The van der Waals surface area contributed by atoms with E-state index in [1.54, 1.807) is 80.3 Å². The lowest BCUT2D eigenvalue weighted by Crippen LogP contribution is -2.48. The van der Waals surface area contributed by atoms with Crippen LogP contribution in [0.1, 0.15) is 51.5 Å². The molecular weight excluding hydrogens is 518 g/mol. The Labute approximate surface area is 220 Å². The fourth-order valence-corrected chi connectivity index (χ4v) is 6.03. The highest BCUT2D eigenvalue weighted by Gasteiger charge is 2.37. The van der Waals surface area contributed by atoms with E-state index in [1.807, 2.05) is 0 Å². The summed E-state index contributed by atoms with van der Waals surface area (Å²) in [5.74, 6) is -0.806. The van der Waals surface area contributed by atoms with E-state index in [0.29, 0.717) is 16.8 Å². The zero-order chi connectivity index (χ0) is 27.5. The quantitative estimate of drug-likeness (QED) is 0.389. The number of nitrogens with zero attached hydrogens (tertiary/aromatic N) is 4. The van der Waals surface area contributed by atoms with Crippen molar-refractivity contribution < 1.29 is 31.1 Å². The zero-order valence-electron chi connectivity index (χ0n) is 21.4. The third kappa shape index (κ3) is 6.47. The molecule has 0 aliphatic carbocycles. The van der Waals surface area contributed by atoms with Crippen molar-refractivity contribution in [3.05, 3.63) is 66.1 Å². The maximum Gasteiger partial charge on any atom is 0.410 e. The van der Waals surface area contributed by atoms with Crippen LogP contribution in [0.15, 0.2) is 59.0 Å². The monoisotopic (exact) mass is 548 g/mol. The van der Waals surface area contributed by atoms with Gasteiger partial charge in [0, 0.05) is 18.7 Å². The molecule has 1 aliphatic rings. The molecule has 3 aromatic rings. The maximum atomic E-state index is 13.8. The van der Waals surface area contributed by atoms with Gasteiger partial charge < -0.3 is 14.1 Å². The third-order valence-corrected chi connectivity index (χ3v) is 8.29. The van der Waals surface area contributed by atoms with Crippen LogP contribution in [0.3, 0.4) is 0 Å². The SMILES string of the molecule is CC(C)(C)OC(=O)N1CCC(S(=O)(=O)N(Cc2ccc(-c3nnc(C(F)F)o3)cc2)c2ccccc2)CC1. The summed E-state index contributed by atoms with van der Waals surface area (Å²) in [6.07, 6.45) is -2.74. The normalized spacial score (nSPS) is 15.1. The van der Waals surface area contributed by atoms with Crippen molar-refractivity contribution in [3.8, 4) is 11.5 Å². The van der Waals surface area contributed by atoms with Crippen molar-refractivity contribution in [3.63, 3.8) is 0 Å². The molecule has 1 aromatic heterocycles. The predicted molar refractivity (Wildman–Crippen MR) is 137 cm³/mol. The van der Waals surface area contributed by atoms with Gasteiger partial charge in [0.2, 0.25) is 15.9 Å². The second-order valence-electron chi connectivity index (χ2n) is 10.00. The number of para-hydroxylation sites is 1. The molecule has 1 saturated heterocycles. The second kappa shape index (κ2) is 11.1. The van der Waals surface area contributed by atoms with Crippen LogP contribution in [0, 0.1) is 0 Å². The molecule has 0 atom stereocenters. The topological polar surface area (TPSA) is 106 Å². The highest BCUT2D eigenvalue weighted by molar-refractivity contribution is 7.93. The van der Waals surface area contributed by atoms with Crippen molar-refractivity contribution >= 4 is 21.8 Å². The number of halogens is 2. The lowest BCUT2D eigenvalue weighted by Gasteiger charge is -2.36. The lowest BCUT2D eigenvalue weighted by atomic mass is 10.1. The Hall–Kier alpha value is -3.54. The average Bonchev–Trinajstić information content (AvgIpc) is 3.38. The van der Waals surface area contributed by atoms with Gasteiger partial charge in [0.15, 0.2) is 0 Å². The van der Waals surface area contributed by atoms with Crippen LogP contribution >= 0.6 is 0 Å². The number of likely N-dealkylation sites (tertiary alicyclic amines) is 1. The second-order valence-corrected chi connectivity index (χ2v) is 12.1. The Balaban J connectivity index is 1.51. The summed E-state index contributed by atoms with van der Waals surface area (Å²) in [7, 11) is -3.80. The van der Waals surface area contributed by atoms with E-state index in [0.717, 1.165) is 0 Å². The van der Waals surface area contributed by atoms with Crippen LogP contribution in [0.5, 0.6) is 0 Å². The summed E-state index contributed by atoms with van der Waals surface area (Å²) < 4.78 is 65.0. The van der Waals surface area contributed by atoms with Gasteiger partial charge in [-0.05, 0) is 63.4 Å². The Morgan fingerprint density at radius 1 is 1.08 bits per heavy atom. The van der Waals surface area contributed by atoms with E-state index in [9.17, 15) is 22.0 Å². The lowest BCUT2D eigenvalue weighted by molar-refractivity contribution is 0.0217. The molecule has 1 aliphatic heterocycles. The Kier molecular flexibility index (Phi) is 8.00. The number of anilines is 1. The van der Waals surface area contributed by atoms with Crippen LogP contribution in [-0.4, -0.2) is 53.5 Å². The van der Waals surface area contributed by atoms with Gasteiger partial charge in [0.1, 0.15) is 5.60 Å². The molecule has 0 saturated carbocycles. The molecule has 1 fully saturated rings. The van der Waals surface area contributed by atoms with E-state index >= 15 is 0 Å². The largest absolute Gasteiger partial charge is 0.444 e. The number of hydrogen-bond donors (Lipinski definition) is 0. The number of ether oxygens (including phenoxy) is 1. The Bertz CT molecular complexity index is 1330. The number of aromatic nitrogens is 2. The number of rotatable bonds is 7. The first-order valence-corrected chi connectivity index (χ1v) is 13.7. The molecule has 0 bridgehead atoms. The van der Waals surface area contributed by atoms with E-state index in [2.05, 4.69) is 10.2 Å². The minimum atomic E-state index is -3.80. The molecule has 2 aromatic carbocycles. The predicted octanol–water partition coefficient (Wildman–Crippen LogP) is 5.41. The van der Waals surface area contributed by atoms with Gasteiger partial charge in [-0.25, -0.2) is 13.2 Å². The molecule has 4 rings (SSSR count). The number of hydrogen-bond acceptors (Lipinski definition) is 7. The number of benzene rings is 2. The van der Waals surface area contributed by atoms with E-state index in [4.69, 9.17) is 9.15 Å². The molecule has 204 valence electrons. The van der Waals surface area contributed by atoms with Gasteiger partial charge in [-0.2, -0.15) is 8.78 Å². The first kappa shape index (κ1) is 27.5. The summed E-state index contributed by atoms with van der Waals surface area (Å²) >= 11 is 0. The molecule has 1 amide bonds. The van der Waals surface area contributed by atoms with Crippen molar-refractivity contribution in [2.24, 2.45) is 0 Å². The zero-order valence-corrected chi connectivity index (χ0v) is 22.2. The first-order valence-electron chi connectivity index (χ1n) is 12.2. The van der Waals surface area contributed by atoms with Crippen LogP contribution in [0.2, 0.25) is 0 Å². The molecular formula is C26H30F2N4O5S. The summed E-state index contributed by atoms with van der Waals surface area (Å²) in [4.78, 5) is 14.0. The van der Waals surface area contributed by atoms with Crippen LogP contribution in [0.4, 0.5) is 19.3 Å². The summed E-state index contributed by atoms with van der Waals surface area (Å²) in [6, 6.07) is 15.4. The van der Waals surface area contributed by atoms with Crippen LogP contribution in [0.25, 0.3) is 11.5 Å². The molecule has 0 N–H and O–H groups in total. The van der Waals surface area contributed by atoms with Crippen molar-refractivity contribution in [1.29, 1.82) is 0 Å². The molecule has 38 heavy (non-hydrogen) atoms. The first-order chi connectivity index (χ1) is 17.9. The molecule has 12 heteroatoms. The van der Waals surface area contributed by atoms with E-state index in [-0.39, 0.29) is 38.4 Å². The standard InChI is InChI=1S/C26H30F2N4O5S/c1-26(2,3)37-25(33)31-15-13-21(14-16-31)38(34,35)32(20-7-5-4-6-8-20)17-18-9-11-19(12-10-18)23-29-30-24(36-23)22(27)28/h4-12,21-22H,13-17H2,1-3H3. The number of carbonyl (C=O) groups is 1. The van der Waals surface area contributed by atoms with Gasteiger partial charge in [0.25, 0.3) is 5.89 Å². The molecule has 0 unspecified atom stereocenters. The summed E-state index contributed by atoms with van der Waals surface area (Å²) in [6.45, 7) is 5.98. The Morgan fingerprint density at radius 3 is 2.26 bits per heavy atom. The van der Waals surface area contributed by atoms with Crippen molar-refractivity contribution in [2.45, 2.75) is 57.4 Å². The number of alkyl halides is 2. The average molecular weight is 549 g/mol. The van der Waals surface area contributed by atoms with Gasteiger partial charge >= 0.3 is 12.5 Å². The van der Waals surface area contributed by atoms with Gasteiger partial charge in [-0.1, -0.05) is 30.3 Å². The molecule has 9 nitrogen and oxygen atoms in total. The number of carbonyl (C=O) groups excluding carboxylic acids is 1. The van der Waals surface area contributed by atoms with Crippen LogP contribution in [-0.2, 0) is 21.3 Å². The van der Waals surface area contributed by atoms with Gasteiger partial charge in [-0.15, -0.1) is 10.2 Å². The highest BCUT2D eigenvalue weighted by atomic mass is 32.2. The number of sulfonamides is 1. The Morgan fingerprint density at radius 2 is 1.71 bits per heavy atom. The highest BCUT2D eigenvalue weighted by Crippen LogP contribution is 2.29.